The molecule has 0 bridgehead atoms. The fourth-order valence-electron chi connectivity index (χ4n) is 3.01. The Morgan fingerprint density at radius 2 is 1.69 bits per heavy atom. The molecule has 0 aromatic heterocycles. The van der Waals surface area contributed by atoms with Gasteiger partial charge in [0.1, 0.15) is 0 Å². The summed E-state index contributed by atoms with van der Waals surface area (Å²) in [5.41, 5.74) is 3.41. The number of carbonyl (C=O) groups is 2. The SMILES string of the molecule is CC(=O)N1CCN(S(=O)(=O)c2cccc(C(=O)NOCc3ccccc3)c2)CC1. The number of hydrogen-bond donors (Lipinski definition) is 1. The fourth-order valence-corrected chi connectivity index (χ4v) is 4.48. The van der Waals surface area contributed by atoms with Crippen molar-refractivity contribution < 1.29 is 22.8 Å². The van der Waals surface area contributed by atoms with Gasteiger partial charge >= 0.3 is 0 Å². The van der Waals surface area contributed by atoms with E-state index in [0.717, 1.165) is 5.56 Å². The molecule has 2 aromatic carbocycles. The minimum Gasteiger partial charge on any atom is -0.340 e. The largest absolute Gasteiger partial charge is 0.340 e. The quantitative estimate of drug-likeness (QED) is 0.717. The lowest BCUT2D eigenvalue weighted by atomic mass is 10.2. The molecule has 8 nitrogen and oxygen atoms in total. The van der Waals surface area contributed by atoms with E-state index in [9.17, 15) is 18.0 Å². The predicted octanol–water partition coefficient (Wildman–Crippen LogP) is 1.40. The average molecular weight is 417 g/mol. The number of nitrogens with one attached hydrogen (secondary N) is 1. The van der Waals surface area contributed by atoms with Crippen molar-refractivity contribution >= 4 is 21.8 Å². The van der Waals surface area contributed by atoms with Gasteiger partial charge < -0.3 is 4.90 Å². The molecule has 2 amide bonds. The van der Waals surface area contributed by atoms with Crippen LogP contribution in [0.2, 0.25) is 0 Å². The monoisotopic (exact) mass is 417 g/mol. The van der Waals surface area contributed by atoms with E-state index >= 15 is 0 Å². The number of hydroxylamine groups is 1. The van der Waals surface area contributed by atoms with E-state index in [-0.39, 0.29) is 36.1 Å². The zero-order chi connectivity index (χ0) is 20.9. The Bertz CT molecular complexity index is 971. The lowest BCUT2D eigenvalue weighted by Gasteiger charge is -2.33. The second kappa shape index (κ2) is 9.17. The Morgan fingerprint density at radius 3 is 2.34 bits per heavy atom. The number of piperazine rings is 1. The summed E-state index contributed by atoms with van der Waals surface area (Å²) in [4.78, 5) is 30.6. The molecule has 1 N–H and O–H groups in total. The van der Waals surface area contributed by atoms with E-state index in [1.807, 2.05) is 30.3 Å². The molecule has 3 rings (SSSR count). The Hall–Kier alpha value is -2.75. The van der Waals surface area contributed by atoms with Crippen LogP contribution < -0.4 is 5.48 Å². The predicted molar refractivity (Wildman–Crippen MR) is 106 cm³/mol. The summed E-state index contributed by atoms with van der Waals surface area (Å²) in [5.74, 6) is -0.601. The van der Waals surface area contributed by atoms with Gasteiger partial charge in [0, 0.05) is 38.7 Å². The molecule has 1 fully saturated rings. The maximum Gasteiger partial charge on any atom is 0.274 e. The van der Waals surface area contributed by atoms with Crippen LogP contribution in [0.5, 0.6) is 0 Å². The Kier molecular flexibility index (Phi) is 6.63. The standard InChI is InChI=1S/C20H23N3O5S/c1-16(24)22-10-12-23(13-11-22)29(26,27)19-9-5-8-18(14-19)20(25)21-28-15-17-6-3-2-4-7-17/h2-9,14H,10-13,15H2,1H3,(H,21,25). The molecule has 0 atom stereocenters. The molecule has 1 saturated heterocycles. The summed E-state index contributed by atoms with van der Waals surface area (Å²) in [6.45, 7) is 2.80. The molecule has 9 heteroatoms. The molecular formula is C20H23N3O5S. The van der Waals surface area contributed by atoms with Crippen molar-refractivity contribution in [3.63, 3.8) is 0 Å². The van der Waals surface area contributed by atoms with Gasteiger partial charge in [-0.2, -0.15) is 4.31 Å². The van der Waals surface area contributed by atoms with Crippen LogP contribution in [0.4, 0.5) is 0 Å². The van der Waals surface area contributed by atoms with Crippen LogP contribution in [0.25, 0.3) is 0 Å². The zero-order valence-corrected chi connectivity index (χ0v) is 16.9. The van der Waals surface area contributed by atoms with Crippen molar-refractivity contribution in [2.75, 3.05) is 26.2 Å². The highest BCUT2D eigenvalue weighted by molar-refractivity contribution is 7.89. The minimum absolute atomic E-state index is 0.0319. The summed E-state index contributed by atoms with van der Waals surface area (Å²) in [6.07, 6.45) is 0. The second-order valence-corrected chi connectivity index (χ2v) is 8.58. The highest BCUT2D eigenvalue weighted by Gasteiger charge is 2.29. The maximum atomic E-state index is 12.9. The van der Waals surface area contributed by atoms with Crippen LogP contribution in [-0.2, 0) is 26.3 Å². The number of nitrogens with zero attached hydrogens (tertiary/aromatic N) is 2. The van der Waals surface area contributed by atoms with E-state index in [1.165, 1.54) is 35.5 Å². The highest BCUT2D eigenvalue weighted by Crippen LogP contribution is 2.19. The fraction of sp³-hybridized carbons (Fsp3) is 0.300. The van der Waals surface area contributed by atoms with E-state index in [4.69, 9.17) is 4.84 Å². The van der Waals surface area contributed by atoms with Gasteiger partial charge in [0.2, 0.25) is 15.9 Å². The number of rotatable bonds is 6. The van der Waals surface area contributed by atoms with Gasteiger partial charge in [-0.1, -0.05) is 36.4 Å². The van der Waals surface area contributed by atoms with E-state index in [2.05, 4.69) is 5.48 Å². The molecule has 2 aromatic rings. The first-order valence-corrected chi connectivity index (χ1v) is 10.6. The van der Waals surface area contributed by atoms with Crippen molar-refractivity contribution in [1.82, 2.24) is 14.7 Å². The zero-order valence-electron chi connectivity index (χ0n) is 16.1. The number of benzene rings is 2. The van der Waals surface area contributed by atoms with Crippen LogP contribution in [0.15, 0.2) is 59.5 Å². The summed E-state index contributed by atoms with van der Waals surface area (Å²) in [5, 5.41) is 0. The first kappa shape index (κ1) is 21.0. The summed E-state index contributed by atoms with van der Waals surface area (Å²) >= 11 is 0. The Morgan fingerprint density at radius 1 is 1.00 bits per heavy atom. The van der Waals surface area contributed by atoms with Gasteiger partial charge in [-0.15, -0.1) is 0 Å². The van der Waals surface area contributed by atoms with Crippen molar-refractivity contribution in [3.8, 4) is 0 Å². The summed E-state index contributed by atoms with van der Waals surface area (Å²) in [6, 6.07) is 15.2. The number of amides is 2. The topological polar surface area (TPSA) is 96.0 Å². The molecule has 0 radical (unpaired) electrons. The van der Waals surface area contributed by atoms with Crippen LogP contribution in [0.3, 0.4) is 0 Å². The molecule has 0 aliphatic carbocycles. The van der Waals surface area contributed by atoms with E-state index in [1.54, 1.807) is 4.90 Å². The van der Waals surface area contributed by atoms with Crippen LogP contribution in [-0.4, -0.2) is 55.6 Å². The van der Waals surface area contributed by atoms with E-state index in [0.29, 0.717) is 13.1 Å². The van der Waals surface area contributed by atoms with E-state index < -0.39 is 15.9 Å². The van der Waals surface area contributed by atoms with Crippen molar-refractivity contribution in [2.24, 2.45) is 0 Å². The molecule has 1 heterocycles. The van der Waals surface area contributed by atoms with Gasteiger partial charge in [-0.05, 0) is 23.8 Å². The molecular weight excluding hydrogens is 394 g/mol. The van der Waals surface area contributed by atoms with Crippen molar-refractivity contribution in [3.05, 3.63) is 65.7 Å². The lowest BCUT2D eigenvalue weighted by Crippen LogP contribution is -2.49. The first-order chi connectivity index (χ1) is 13.9. The van der Waals surface area contributed by atoms with Crippen LogP contribution in [0, 0.1) is 0 Å². The van der Waals surface area contributed by atoms with Crippen LogP contribution >= 0.6 is 0 Å². The lowest BCUT2D eigenvalue weighted by molar-refractivity contribution is -0.129. The molecule has 29 heavy (non-hydrogen) atoms. The van der Waals surface area contributed by atoms with Crippen LogP contribution in [0.1, 0.15) is 22.8 Å². The normalized spacial score (nSPS) is 15.1. The summed E-state index contributed by atoms with van der Waals surface area (Å²) < 4.78 is 27.1. The maximum absolute atomic E-state index is 12.9. The minimum atomic E-state index is -3.76. The molecule has 0 unspecified atom stereocenters. The third kappa shape index (κ3) is 5.20. The Labute approximate surface area is 170 Å². The Balaban J connectivity index is 1.63. The van der Waals surface area contributed by atoms with Crippen molar-refractivity contribution in [1.29, 1.82) is 0 Å². The van der Waals surface area contributed by atoms with Gasteiger partial charge in [-0.25, -0.2) is 13.9 Å². The number of carbonyl (C=O) groups excluding carboxylic acids is 2. The smallest absolute Gasteiger partial charge is 0.274 e. The molecule has 0 spiro atoms. The molecule has 1 aliphatic heterocycles. The van der Waals surface area contributed by atoms with Gasteiger partial charge in [0.15, 0.2) is 0 Å². The molecule has 0 saturated carbocycles. The first-order valence-electron chi connectivity index (χ1n) is 9.20. The third-order valence-electron chi connectivity index (χ3n) is 4.66. The number of hydrogen-bond acceptors (Lipinski definition) is 5. The van der Waals surface area contributed by atoms with Gasteiger partial charge in [0.05, 0.1) is 11.5 Å². The number of sulfonamides is 1. The molecule has 154 valence electrons. The molecule has 1 aliphatic rings. The van der Waals surface area contributed by atoms with Gasteiger partial charge in [0.25, 0.3) is 5.91 Å². The average Bonchev–Trinajstić information content (AvgIpc) is 2.74. The third-order valence-corrected chi connectivity index (χ3v) is 6.56. The van der Waals surface area contributed by atoms with Crippen molar-refractivity contribution in [2.45, 2.75) is 18.4 Å². The second-order valence-electron chi connectivity index (χ2n) is 6.64. The summed E-state index contributed by atoms with van der Waals surface area (Å²) in [7, 11) is -3.76. The van der Waals surface area contributed by atoms with Gasteiger partial charge in [-0.3, -0.25) is 14.4 Å². The highest BCUT2D eigenvalue weighted by atomic mass is 32.2.